The van der Waals surface area contributed by atoms with Gasteiger partial charge in [-0.1, -0.05) is 52.0 Å². The van der Waals surface area contributed by atoms with Gasteiger partial charge in [-0.25, -0.2) is 0 Å². The van der Waals surface area contributed by atoms with Gasteiger partial charge >= 0.3 is 0 Å². The Morgan fingerprint density at radius 3 is 2.38 bits per heavy atom. The first-order valence-electron chi connectivity index (χ1n) is 10.7. The minimum atomic E-state index is -0.206. The molecule has 1 aromatic carbocycles. The van der Waals surface area contributed by atoms with E-state index in [9.17, 15) is 0 Å². The van der Waals surface area contributed by atoms with Crippen molar-refractivity contribution < 1.29 is 9.47 Å². The van der Waals surface area contributed by atoms with Crippen molar-refractivity contribution in [1.29, 1.82) is 0 Å². The van der Waals surface area contributed by atoms with Gasteiger partial charge in [0.2, 0.25) is 0 Å². The predicted octanol–water partition coefficient (Wildman–Crippen LogP) is 5.13. The summed E-state index contributed by atoms with van der Waals surface area (Å²) in [6, 6.07) is 8.99. The molecule has 0 radical (unpaired) electrons. The molecule has 1 saturated carbocycles. The van der Waals surface area contributed by atoms with Crippen molar-refractivity contribution in [2.24, 2.45) is 5.92 Å². The largest absolute Gasteiger partial charge is 0.348 e. The van der Waals surface area contributed by atoms with E-state index in [4.69, 9.17) is 9.47 Å². The third kappa shape index (κ3) is 4.32. The normalized spacial score (nSPS) is 24.8. The standard InChI is InChI=1S/C21H31NO2.C2H6/c1-20(2)16-22(15-18-5-3-4-6-19(18)20)12-9-17-7-10-21(11-8-17)23-13-14-24-21;1-2/h3-6,17H,7-16H2,1-2H3;1-2H3. The van der Waals surface area contributed by atoms with Crippen LogP contribution >= 0.6 is 0 Å². The van der Waals surface area contributed by atoms with Gasteiger partial charge in [-0.3, -0.25) is 4.90 Å². The first kappa shape index (κ1) is 19.9. The molecule has 4 rings (SSSR count). The van der Waals surface area contributed by atoms with Crippen LogP contribution in [-0.4, -0.2) is 37.0 Å². The van der Waals surface area contributed by atoms with Gasteiger partial charge in [0.25, 0.3) is 0 Å². The molecule has 2 aliphatic heterocycles. The molecule has 3 nitrogen and oxygen atoms in total. The molecule has 3 aliphatic rings. The van der Waals surface area contributed by atoms with Crippen LogP contribution in [0.15, 0.2) is 24.3 Å². The maximum absolute atomic E-state index is 5.86. The minimum Gasteiger partial charge on any atom is -0.348 e. The molecular weight excluding hydrogens is 322 g/mol. The SMILES string of the molecule is CC.CC1(C)CN(CCC2CCC3(CC2)OCCO3)Cc2ccccc21. The lowest BCUT2D eigenvalue weighted by Gasteiger charge is -2.41. The zero-order chi connectivity index (χ0) is 18.6. The fraction of sp³-hybridized carbons (Fsp3) is 0.739. The van der Waals surface area contributed by atoms with Crippen LogP contribution in [0.2, 0.25) is 0 Å². The van der Waals surface area contributed by atoms with E-state index in [1.54, 1.807) is 0 Å². The van der Waals surface area contributed by atoms with E-state index < -0.39 is 0 Å². The third-order valence-electron chi connectivity index (χ3n) is 6.29. The van der Waals surface area contributed by atoms with E-state index in [0.717, 1.165) is 38.5 Å². The van der Waals surface area contributed by atoms with E-state index in [0.29, 0.717) is 0 Å². The summed E-state index contributed by atoms with van der Waals surface area (Å²) in [5, 5.41) is 0. The lowest BCUT2D eigenvalue weighted by atomic mass is 9.78. The highest BCUT2D eigenvalue weighted by atomic mass is 16.7. The van der Waals surface area contributed by atoms with Gasteiger partial charge in [0.15, 0.2) is 5.79 Å². The van der Waals surface area contributed by atoms with Gasteiger partial charge in [0.05, 0.1) is 13.2 Å². The number of hydrogen-bond acceptors (Lipinski definition) is 3. The van der Waals surface area contributed by atoms with Crippen molar-refractivity contribution in [2.75, 3.05) is 26.3 Å². The number of nitrogens with zero attached hydrogens (tertiary/aromatic N) is 1. The maximum atomic E-state index is 5.86. The summed E-state index contributed by atoms with van der Waals surface area (Å²) in [7, 11) is 0. The van der Waals surface area contributed by atoms with Gasteiger partial charge in [0, 0.05) is 31.3 Å². The Morgan fingerprint density at radius 1 is 1.04 bits per heavy atom. The molecule has 2 fully saturated rings. The van der Waals surface area contributed by atoms with Crippen molar-refractivity contribution in [3.05, 3.63) is 35.4 Å². The van der Waals surface area contributed by atoms with Crippen LogP contribution in [0.25, 0.3) is 0 Å². The van der Waals surface area contributed by atoms with Crippen LogP contribution in [0, 0.1) is 5.92 Å². The highest BCUT2D eigenvalue weighted by Gasteiger charge is 2.40. The highest BCUT2D eigenvalue weighted by Crippen LogP contribution is 2.40. The molecule has 0 N–H and O–H groups in total. The Kier molecular flexibility index (Phi) is 6.42. The number of benzene rings is 1. The topological polar surface area (TPSA) is 21.7 Å². The Balaban J connectivity index is 0.000000948. The zero-order valence-corrected chi connectivity index (χ0v) is 17.2. The Hall–Kier alpha value is -0.900. The molecule has 0 amide bonds. The van der Waals surface area contributed by atoms with Crippen molar-refractivity contribution in [2.45, 2.75) is 77.5 Å². The summed E-state index contributed by atoms with van der Waals surface area (Å²) < 4.78 is 11.7. The fourth-order valence-corrected chi connectivity index (χ4v) is 4.97. The second-order valence-corrected chi connectivity index (χ2v) is 8.59. The molecule has 0 bridgehead atoms. The van der Waals surface area contributed by atoms with Gasteiger partial charge in [-0.2, -0.15) is 0 Å². The molecule has 1 aromatic rings. The minimum absolute atomic E-state index is 0.206. The van der Waals surface area contributed by atoms with Crippen molar-refractivity contribution in [3.63, 3.8) is 0 Å². The summed E-state index contributed by atoms with van der Waals surface area (Å²) in [4.78, 5) is 2.66. The first-order chi connectivity index (χ1) is 12.6. The molecule has 146 valence electrons. The van der Waals surface area contributed by atoms with Crippen LogP contribution in [0.3, 0.4) is 0 Å². The van der Waals surface area contributed by atoms with E-state index in [-0.39, 0.29) is 11.2 Å². The average molecular weight is 360 g/mol. The quantitative estimate of drug-likeness (QED) is 0.747. The van der Waals surface area contributed by atoms with E-state index in [2.05, 4.69) is 43.0 Å². The summed E-state index contributed by atoms with van der Waals surface area (Å²) in [6.45, 7) is 13.8. The van der Waals surface area contributed by atoms with Crippen molar-refractivity contribution in [3.8, 4) is 0 Å². The Labute approximate surface area is 160 Å². The number of rotatable bonds is 3. The van der Waals surface area contributed by atoms with E-state index >= 15 is 0 Å². The highest BCUT2D eigenvalue weighted by molar-refractivity contribution is 5.35. The summed E-state index contributed by atoms with van der Waals surface area (Å²) in [5.41, 5.74) is 3.32. The number of fused-ring (bicyclic) bond motifs is 1. The van der Waals surface area contributed by atoms with Crippen LogP contribution in [0.5, 0.6) is 0 Å². The average Bonchev–Trinajstić information content (AvgIpc) is 3.11. The van der Waals surface area contributed by atoms with Crippen molar-refractivity contribution >= 4 is 0 Å². The molecule has 0 aromatic heterocycles. The van der Waals surface area contributed by atoms with Crippen LogP contribution in [0.4, 0.5) is 0 Å². The van der Waals surface area contributed by atoms with Gasteiger partial charge in [-0.15, -0.1) is 0 Å². The second-order valence-electron chi connectivity index (χ2n) is 8.59. The molecule has 1 spiro atoms. The number of ether oxygens (including phenoxy) is 2. The number of hydrogen-bond donors (Lipinski definition) is 0. The van der Waals surface area contributed by atoms with Gasteiger partial charge in [-0.05, 0) is 42.9 Å². The Morgan fingerprint density at radius 2 is 1.69 bits per heavy atom. The predicted molar refractivity (Wildman–Crippen MR) is 107 cm³/mol. The third-order valence-corrected chi connectivity index (χ3v) is 6.29. The van der Waals surface area contributed by atoms with Crippen LogP contribution < -0.4 is 0 Å². The lowest BCUT2D eigenvalue weighted by Crippen LogP contribution is -2.43. The van der Waals surface area contributed by atoms with Crippen LogP contribution in [0.1, 0.15) is 70.9 Å². The molecule has 3 heteroatoms. The molecule has 0 atom stereocenters. The summed E-state index contributed by atoms with van der Waals surface area (Å²) >= 11 is 0. The fourth-order valence-electron chi connectivity index (χ4n) is 4.97. The van der Waals surface area contributed by atoms with Gasteiger partial charge < -0.3 is 9.47 Å². The maximum Gasteiger partial charge on any atom is 0.168 e. The van der Waals surface area contributed by atoms with E-state index in [1.807, 2.05) is 13.8 Å². The summed E-state index contributed by atoms with van der Waals surface area (Å²) in [6.07, 6.45) is 6.01. The first-order valence-corrected chi connectivity index (χ1v) is 10.7. The van der Waals surface area contributed by atoms with Gasteiger partial charge in [0.1, 0.15) is 0 Å². The molecule has 2 heterocycles. The lowest BCUT2D eigenvalue weighted by molar-refractivity contribution is -0.182. The smallest absolute Gasteiger partial charge is 0.168 e. The van der Waals surface area contributed by atoms with E-state index in [1.165, 1.54) is 43.5 Å². The Bertz CT molecular complexity index is 567. The second kappa shape index (κ2) is 8.41. The molecule has 26 heavy (non-hydrogen) atoms. The summed E-state index contributed by atoms with van der Waals surface area (Å²) in [5.74, 6) is 0.631. The molecule has 0 unspecified atom stereocenters. The van der Waals surface area contributed by atoms with Crippen molar-refractivity contribution in [1.82, 2.24) is 4.90 Å². The monoisotopic (exact) mass is 359 g/mol. The molecule has 1 aliphatic carbocycles. The molecule has 1 saturated heterocycles. The molecular formula is C23H37NO2. The van der Waals surface area contributed by atoms with Crippen LogP contribution in [-0.2, 0) is 21.4 Å². The zero-order valence-electron chi connectivity index (χ0n) is 17.2.